The highest BCUT2D eigenvalue weighted by molar-refractivity contribution is 5.33. The Kier molecular flexibility index (Phi) is 4.15. The first-order valence-electron chi connectivity index (χ1n) is 8.23. The van der Waals surface area contributed by atoms with Crippen LogP contribution in [0.15, 0.2) is 55.0 Å². The van der Waals surface area contributed by atoms with Crippen molar-refractivity contribution in [3.8, 4) is 5.69 Å². The number of nitrogens with one attached hydrogen (secondary N) is 1. The predicted molar refractivity (Wildman–Crippen MR) is 90.7 cm³/mol. The molecule has 1 aromatic carbocycles. The summed E-state index contributed by atoms with van der Waals surface area (Å²) in [7, 11) is 1.93. The molecule has 124 valence electrons. The Bertz CT molecular complexity index is 795. The van der Waals surface area contributed by atoms with Gasteiger partial charge in [0, 0.05) is 44.2 Å². The van der Waals surface area contributed by atoms with Gasteiger partial charge in [-0.05, 0) is 24.6 Å². The molecule has 24 heavy (non-hydrogen) atoms. The van der Waals surface area contributed by atoms with E-state index >= 15 is 0 Å². The Hall–Kier alpha value is -2.44. The summed E-state index contributed by atoms with van der Waals surface area (Å²) in [5, 5.41) is 12.3. The van der Waals surface area contributed by atoms with Crippen LogP contribution >= 0.6 is 0 Å². The number of hydrogen-bond acceptors (Lipinski definition) is 4. The second-order valence-electron chi connectivity index (χ2n) is 6.09. The van der Waals surface area contributed by atoms with Gasteiger partial charge in [0.2, 0.25) is 0 Å². The van der Waals surface area contributed by atoms with Crippen LogP contribution in [0.25, 0.3) is 5.69 Å². The number of benzene rings is 1. The van der Waals surface area contributed by atoms with Crippen LogP contribution in [0, 0.1) is 0 Å². The molecule has 1 aliphatic heterocycles. The Balaban J connectivity index is 1.52. The smallest absolute Gasteiger partial charge is 0.115 e. The van der Waals surface area contributed by atoms with Crippen molar-refractivity contribution in [2.45, 2.75) is 25.1 Å². The Morgan fingerprint density at radius 1 is 1.21 bits per heavy atom. The van der Waals surface area contributed by atoms with Gasteiger partial charge in [0.25, 0.3) is 0 Å². The van der Waals surface area contributed by atoms with Gasteiger partial charge < -0.3 is 10.1 Å². The van der Waals surface area contributed by atoms with Gasteiger partial charge in [-0.15, -0.1) is 0 Å². The molecule has 0 radical (unpaired) electrons. The molecule has 1 saturated heterocycles. The third-order valence-electron chi connectivity index (χ3n) is 4.38. The van der Waals surface area contributed by atoms with Gasteiger partial charge >= 0.3 is 0 Å². The summed E-state index contributed by atoms with van der Waals surface area (Å²) in [5.74, 6) is 0. The summed E-state index contributed by atoms with van der Waals surface area (Å²) >= 11 is 0. The fourth-order valence-electron chi connectivity index (χ4n) is 3.22. The van der Waals surface area contributed by atoms with Gasteiger partial charge in [-0.2, -0.15) is 10.2 Å². The quantitative estimate of drug-likeness (QED) is 0.782. The molecular weight excluding hydrogens is 302 g/mol. The summed E-state index contributed by atoms with van der Waals surface area (Å²) < 4.78 is 9.81. The van der Waals surface area contributed by atoms with E-state index < -0.39 is 0 Å². The number of hydrogen-bond donors (Lipinski definition) is 1. The molecule has 0 spiro atoms. The second-order valence-corrected chi connectivity index (χ2v) is 6.09. The zero-order valence-corrected chi connectivity index (χ0v) is 13.7. The van der Waals surface area contributed by atoms with E-state index in [0.29, 0.717) is 0 Å². The topological polar surface area (TPSA) is 56.9 Å². The van der Waals surface area contributed by atoms with Gasteiger partial charge in [0.1, 0.15) is 6.10 Å². The van der Waals surface area contributed by atoms with E-state index in [4.69, 9.17) is 4.74 Å². The minimum absolute atomic E-state index is 0.00405. The lowest BCUT2D eigenvalue weighted by Gasteiger charge is -2.21. The first kappa shape index (κ1) is 15.1. The number of rotatable bonds is 5. The molecule has 0 amide bonds. The van der Waals surface area contributed by atoms with Crippen LogP contribution in [-0.4, -0.2) is 32.2 Å². The van der Waals surface area contributed by atoms with Gasteiger partial charge in [-0.25, -0.2) is 4.68 Å². The number of aryl methyl sites for hydroxylation is 1. The molecule has 6 nitrogen and oxygen atoms in total. The predicted octanol–water partition coefficient (Wildman–Crippen LogP) is 2.23. The summed E-state index contributed by atoms with van der Waals surface area (Å²) in [6, 6.07) is 12.5. The van der Waals surface area contributed by atoms with E-state index in [2.05, 4.69) is 27.6 Å². The maximum Gasteiger partial charge on any atom is 0.115 e. The van der Waals surface area contributed by atoms with Gasteiger partial charge in [0.15, 0.2) is 0 Å². The lowest BCUT2D eigenvalue weighted by Crippen LogP contribution is -2.32. The van der Waals surface area contributed by atoms with Crippen LogP contribution in [0.1, 0.15) is 23.8 Å². The zero-order chi connectivity index (χ0) is 16.4. The first-order chi connectivity index (χ1) is 11.8. The maximum absolute atomic E-state index is 6.02. The van der Waals surface area contributed by atoms with Gasteiger partial charge in [-0.3, -0.25) is 4.68 Å². The maximum atomic E-state index is 6.02. The molecular formula is C18H21N5O. The highest BCUT2D eigenvalue weighted by atomic mass is 16.5. The molecule has 1 fully saturated rings. The van der Waals surface area contributed by atoms with Crippen LogP contribution in [0.4, 0.5) is 0 Å². The summed E-state index contributed by atoms with van der Waals surface area (Å²) in [6.07, 6.45) is 6.76. The molecule has 4 rings (SSSR count). The van der Waals surface area contributed by atoms with Crippen LogP contribution in [0.2, 0.25) is 0 Å². The van der Waals surface area contributed by atoms with E-state index in [-0.39, 0.29) is 12.1 Å². The SMILES string of the molecule is Cn1cc(CN[C@H]2CCO[C@@H]2c2ccnn2-c2ccccc2)cn1. The third kappa shape index (κ3) is 2.98. The third-order valence-corrected chi connectivity index (χ3v) is 4.38. The number of para-hydroxylation sites is 1. The van der Waals surface area contributed by atoms with Crippen molar-refractivity contribution in [3.63, 3.8) is 0 Å². The zero-order valence-electron chi connectivity index (χ0n) is 13.7. The van der Waals surface area contributed by atoms with Crippen molar-refractivity contribution < 1.29 is 4.74 Å². The molecule has 1 N–H and O–H groups in total. The highest BCUT2D eigenvalue weighted by Crippen LogP contribution is 2.30. The lowest BCUT2D eigenvalue weighted by atomic mass is 10.1. The Labute approximate surface area is 141 Å². The summed E-state index contributed by atoms with van der Waals surface area (Å²) in [4.78, 5) is 0. The number of nitrogens with zero attached hydrogens (tertiary/aromatic N) is 4. The molecule has 0 unspecified atom stereocenters. The molecule has 1 aliphatic rings. The molecule has 0 aliphatic carbocycles. The van der Waals surface area contributed by atoms with Crippen molar-refractivity contribution in [1.29, 1.82) is 0 Å². The Morgan fingerprint density at radius 3 is 2.88 bits per heavy atom. The normalized spacial score (nSPS) is 20.5. The first-order valence-corrected chi connectivity index (χ1v) is 8.23. The molecule has 3 heterocycles. The number of ether oxygens (including phenoxy) is 1. The minimum atomic E-state index is 0.00405. The largest absolute Gasteiger partial charge is 0.370 e. The second kappa shape index (κ2) is 6.59. The van der Waals surface area contributed by atoms with E-state index in [1.54, 1.807) is 0 Å². The van der Waals surface area contributed by atoms with Crippen molar-refractivity contribution in [1.82, 2.24) is 24.9 Å². The molecule has 6 heteroatoms. The minimum Gasteiger partial charge on any atom is -0.370 e. The highest BCUT2D eigenvalue weighted by Gasteiger charge is 2.32. The van der Waals surface area contributed by atoms with Crippen LogP contribution < -0.4 is 5.32 Å². The standard InChI is InChI=1S/C18H21N5O/c1-22-13-14(12-21-22)11-19-16-8-10-24-18(16)17-7-9-20-23(17)15-5-3-2-4-6-15/h2-7,9,12-13,16,18-19H,8,10-11H2,1H3/t16-,18-/m0/s1. The van der Waals surface area contributed by atoms with Crippen molar-refractivity contribution in [3.05, 3.63) is 66.2 Å². The number of aromatic nitrogens is 4. The average molecular weight is 323 g/mol. The van der Waals surface area contributed by atoms with Gasteiger partial charge in [0.05, 0.1) is 17.6 Å². The molecule has 0 bridgehead atoms. The monoisotopic (exact) mass is 323 g/mol. The van der Waals surface area contributed by atoms with Crippen LogP contribution in [0.5, 0.6) is 0 Å². The van der Waals surface area contributed by atoms with Crippen molar-refractivity contribution >= 4 is 0 Å². The fraction of sp³-hybridized carbons (Fsp3) is 0.333. The van der Waals surface area contributed by atoms with E-state index in [1.165, 1.54) is 5.56 Å². The molecule has 2 aromatic heterocycles. The summed E-state index contributed by atoms with van der Waals surface area (Å²) in [6.45, 7) is 1.55. The summed E-state index contributed by atoms with van der Waals surface area (Å²) in [5.41, 5.74) is 3.32. The molecule has 2 atom stereocenters. The van der Waals surface area contributed by atoms with Crippen LogP contribution in [0.3, 0.4) is 0 Å². The fourth-order valence-corrected chi connectivity index (χ4v) is 3.22. The Morgan fingerprint density at radius 2 is 2.08 bits per heavy atom. The van der Waals surface area contributed by atoms with Crippen LogP contribution in [-0.2, 0) is 18.3 Å². The molecule has 3 aromatic rings. The van der Waals surface area contributed by atoms with E-state index in [9.17, 15) is 0 Å². The van der Waals surface area contributed by atoms with E-state index in [1.807, 2.05) is 59.3 Å². The average Bonchev–Trinajstić information content (AvgIpc) is 3.33. The van der Waals surface area contributed by atoms with Crippen molar-refractivity contribution in [2.24, 2.45) is 7.05 Å². The van der Waals surface area contributed by atoms with E-state index in [0.717, 1.165) is 31.0 Å². The van der Waals surface area contributed by atoms with Crippen molar-refractivity contribution in [2.75, 3.05) is 6.61 Å². The molecule has 0 saturated carbocycles. The lowest BCUT2D eigenvalue weighted by molar-refractivity contribution is 0.0931. The van der Waals surface area contributed by atoms with Gasteiger partial charge in [-0.1, -0.05) is 18.2 Å².